The van der Waals surface area contributed by atoms with E-state index in [4.69, 9.17) is 10.8 Å². The van der Waals surface area contributed by atoms with Gasteiger partial charge in [0.25, 0.3) is 11.8 Å². The molecule has 2 heterocycles. The molecule has 0 spiro atoms. The van der Waals surface area contributed by atoms with Gasteiger partial charge in [0.1, 0.15) is 0 Å². The van der Waals surface area contributed by atoms with Gasteiger partial charge in [0.2, 0.25) is 0 Å². The molecule has 1 aliphatic rings. The predicted molar refractivity (Wildman–Crippen MR) is 168 cm³/mol. The molecule has 2 atom stereocenters. The number of amides is 2. The SMILES string of the molecule is C[C@@H](/C=C/CCn1cc(CCO)nn1)[C@]1(O)C(=O)N(Cc2ccc(NC(=O)c3ccc(N)cc3)cc2)c2ccc(Br)cc21. The average molecular weight is 646 g/mol. The third kappa shape index (κ3) is 6.53. The van der Waals surface area contributed by atoms with E-state index < -0.39 is 17.4 Å². The van der Waals surface area contributed by atoms with Crippen molar-refractivity contribution in [3.8, 4) is 0 Å². The summed E-state index contributed by atoms with van der Waals surface area (Å²) in [6, 6.07) is 19.4. The topological polar surface area (TPSA) is 147 Å². The van der Waals surface area contributed by atoms with Crippen molar-refractivity contribution in [2.75, 3.05) is 22.6 Å². The third-order valence-electron chi connectivity index (χ3n) is 7.52. The Labute approximate surface area is 258 Å². The number of nitrogens with one attached hydrogen (secondary N) is 1. The van der Waals surface area contributed by atoms with E-state index in [1.807, 2.05) is 43.3 Å². The number of rotatable bonds is 11. The second-order valence-electron chi connectivity index (χ2n) is 10.5. The Morgan fingerprint density at radius 1 is 1.14 bits per heavy atom. The lowest BCUT2D eigenvalue weighted by atomic mass is 9.83. The van der Waals surface area contributed by atoms with E-state index in [0.717, 1.165) is 15.7 Å². The lowest BCUT2D eigenvalue weighted by Crippen LogP contribution is -2.44. The maximum atomic E-state index is 13.9. The number of aromatic nitrogens is 3. The lowest BCUT2D eigenvalue weighted by molar-refractivity contribution is -0.139. The van der Waals surface area contributed by atoms with Gasteiger partial charge in [-0.2, -0.15) is 0 Å². The Hall–Kier alpha value is -4.32. The second-order valence-corrected chi connectivity index (χ2v) is 11.5. The molecule has 11 heteroatoms. The highest BCUT2D eigenvalue weighted by molar-refractivity contribution is 9.10. The van der Waals surface area contributed by atoms with Gasteiger partial charge < -0.3 is 26.2 Å². The molecule has 222 valence electrons. The minimum atomic E-state index is -1.75. The van der Waals surface area contributed by atoms with Crippen LogP contribution >= 0.6 is 15.9 Å². The Bertz CT molecular complexity index is 1640. The van der Waals surface area contributed by atoms with Crippen molar-refractivity contribution in [2.24, 2.45) is 5.92 Å². The largest absolute Gasteiger partial charge is 0.399 e. The maximum absolute atomic E-state index is 13.9. The Morgan fingerprint density at radius 3 is 2.60 bits per heavy atom. The predicted octanol–water partition coefficient (Wildman–Crippen LogP) is 4.43. The van der Waals surface area contributed by atoms with Crippen molar-refractivity contribution in [1.82, 2.24) is 15.0 Å². The molecule has 1 aliphatic heterocycles. The summed E-state index contributed by atoms with van der Waals surface area (Å²) in [7, 11) is 0. The molecule has 0 radical (unpaired) electrons. The summed E-state index contributed by atoms with van der Waals surface area (Å²) in [5.41, 5.74) is 8.42. The molecular formula is C32H33BrN6O4. The van der Waals surface area contributed by atoms with Crippen molar-refractivity contribution in [1.29, 1.82) is 0 Å². The number of benzene rings is 3. The number of allylic oxidation sites excluding steroid dienone is 1. The van der Waals surface area contributed by atoms with Crippen LogP contribution in [0.15, 0.2) is 89.6 Å². The van der Waals surface area contributed by atoms with Crippen LogP contribution in [-0.2, 0) is 29.9 Å². The van der Waals surface area contributed by atoms with E-state index >= 15 is 0 Å². The van der Waals surface area contributed by atoms with Crippen LogP contribution in [0.2, 0.25) is 0 Å². The van der Waals surface area contributed by atoms with Crippen LogP contribution in [-0.4, -0.2) is 43.6 Å². The summed E-state index contributed by atoms with van der Waals surface area (Å²) in [5, 5.41) is 31.9. The molecule has 0 bridgehead atoms. The van der Waals surface area contributed by atoms with Crippen molar-refractivity contribution in [3.63, 3.8) is 0 Å². The van der Waals surface area contributed by atoms with Crippen LogP contribution in [0.25, 0.3) is 0 Å². The fourth-order valence-electron chi connectivity index (χ4n) is 5.11. The maximum Gasteiger partial charge on any atom is 0.264 e. The molecule has 1 aromatic heterocycles. The van der Waals surface area contributed by atoms with E-state index in [9.17, 15) is 14.7 Å². The molecule has 0 aliphatic carbocycles. The quantitative estimate of drug-likeness (QED) is 0.140. The minimum Gasteiger partial charge on any atom is -0.399 e. The molecule has 0 fully saturated rings. The van der Waals surface area contributed by atoms with Crippen LogP contribution in [0.1, 0.15) is 40.5 Å². The lowest BCUT2D eigenvalue weighted by Gasteiger charge is -2.27. The summed E-state index contributed by atoms with van der Waals surface area (Å²) < 4.78 is 2.47. The molecule has 0 saturated carbocycles. The first kappa shape index (κ1) is 30.1. The van der Waals surface area contributed by atoms with Gasteiger partial charge in [-0.05, 0) is 66.6 Å². The van der Waals surface area contributed by atoms with Gasteiger partial charge in [0.15, 0.2) is 5.60 Å². The van der Waals surface area contributed by atoms with Crippen LogP contribution in [0.4, 0.5) is 17.1 Å². The molecule has 4 aromatic rings. The molecule has 0 saturated heterocycles. The van der Waals surface area contributed by atoms with E-state index in [-0.39, 0.29) is 19.1 Å². The fraction of sp³-hybridized carbons (Fsp3) is 0.250. The Kier molecular flexibility index (Phi) is 9.05. The number of aliphatic hydroxyl groups excluding tert-OH is 1. The average Bonchev–Trinajstić information content (AvgIpc) is 3.53. The van der Waals surface area contributed by atoms with Gasteiger partial charge in [-0.3, -0.25) is 14.3 Å². The van der Waals surface area contributed by atoms with E-state index in [1.54, 1.807) is 58.2 Å². The number of aliphatic hydroxyl groups is 2. The molecule has 0 unspecified atom stereocenters. The van der Waals surface area contributed by atoms with Crippen LogP contribution in [0, 0.1) is 5.92 Å². The zero-order valence-electron chi connectivity index (χ0n) is 23.7. The molecule has 10 nitrogen and oxygen atoms in total. The first-order chi connectivity index (χ1) is 20.7. The molecule has 3 aromatic carbocycles. The number of halogens is 1. The number of nitrogen functional groups attached to an aromatic ring is 1. The summed E-state index contributed by atoms with van der Waals surface area (Å²) in [6.07, 6.45) is 6.68. The van der Waals surface area contributed by atoms with Crippen molar-refractivity contribution in [2.45, 2.75) is 38.5 Å². The number of carbonyl (C=O) groups excluding carboxylic acids is 2. The number of nitrogens with two attached hydrogens (primary N) is 1. The number of carbonyl (C=O) groups is 2. The minimum absolute atomic E-state index is 0.0200. The van der Waals surface area contributed by atoms with Gasteiger partial charge >= 0.3 is 0 Å². The molecular weight excluding hydrogens is 612 g/mol. The molecule has 2 amide bonds. The van der Waals surface area contributed by atoms with Crippen LogP contribution < -0.4 is 16.0 Å². The van der Waals surface area contributed by atoms with Crippen molar-refractivity contribution >= 4 is 44.8 Å². The van der Waals surface area contributed by atoms with E-state index in [1.165, 1.54) is 0 Å². The molecule has 5 rings (SSSR count). The monoisotopic (exact) mass is 644 g/mol. The molecule has 43 heavy (non-hydrogen) atoms. The van der Waals surface area contributed by atoms with Crippen molar-refractivity contribution in [3.05, 3.63) is 112 Å². The number of fused-ring (bicyclic) bond motifs is 1. The normalized spacial score (nSPS) is 16.9. The highest BCUT2D eigenvalue weighted by Gasteiger charge is 2.52. The highest BCUT2D eigenvalue weighted by Crippen LogP contribution is 2.46. The fourth-order valence-corrected chi connectivity index (χ4v) is 5.47. The Balaban J connectivity index is 1.28. The number of aryl methyl sites for hydroxylation is 1. The van der Waals surface area contributed by atoms with Gasteiger partial charge in [-0.15, -0.1) is 5.10 Å². The zero-order chi connectivity index (χ0) is 30.6. The van der Waals surface area contributed by atoms with E-state index in [0.29, 0.717) is 47.6 Å². The van der Waals surface area contributed by atoms with Crippen LogP contribution in [0.5, 0.6) is 0 Å². The number of hydrogen-bond donors (Lipinski definition) is 4. The smallest absolute Gasteiger partial charge is 0.264 e. The van der Waals surface area contributed by atoms with E-state index in [2.05, 4.69) is 31.6 Å². The van der Waals surface area contributed by atoms with Gasteiger partial charge in [-0.1, -0.05) is 52.4 Å². The standard InChI is InChI=1S/C32H33BrN6O4/c1-21(4-2-3-16-38-20-27(15-17-40)36-37-38)32(43)28-18-24(33)9-14-29(28)39(31(32)42)19-22-5-12-26(13-6-22)35-30(41)23-7-10-25(34)11-8-23/h2,4-14,18,20-21,40,43H,3,15-17,19,34H2,1H3,(H,35,41)/b4-2+/t21-,32+/m0/s1. The van der Waals surface area contributed by atoms with Gasteiger partial charge in [-0.25, -0.2) is 0 Å². The van der Waals surface area contributed by atoms with Gasteiger partial charge in [0.05, 0.1) is 17.9 Å². The summed E-state index contributed by atoms with van der Waals surface area (Å²) in [5.74, 6) is -1.16. The first-order valence-corrected chi connectivity index (χ1v) is 14.7. The number of hydrogen-bond acceptors (Lipinski definition) is 7. The zero-order valence-corrected chi connectivity index (χ0v) is 25.2. The number of anilines is 3. The third-order valence-corrected chi connectivity index (χ3v) is 8.01. The van der Waals surface area contributed by atoms with Crippen molar-refractivity contribution < 1.29 is 19.8 Å². The van der Waals surface area contributed by atoms with Crippen LogP contribution in [0.3, 0.4) is 0 Å². The molecule has 5 N–H and O–H groups in total. The second kappa shape index (κ2) is 12.9. The first-order valence-electron chi connectivity index (χ1n) is 14.0. The Morgan fingerprint density at radius 2 is 1.88 bits per heavy atom. The summed E-state index contributed by atoms with van der Waals surface area (Å²) >= 11 is 3.49. The highest BCUT2D eigenvalue weighted by atomic mass is 79.9. The van der Waals surface area contributed by atoms with Gasteiger partial charge in [0, 0.05) is 58.7 Å². The summed E-state index contributed by atoms with van der Waals surface area (Å²) in [4.78, 5) is 28.0. The summed E-state index contributed by atoms with van der Waals surface area (Å²) in [6.45, 7) is 2.68. The number of nitrogens with zero attached hydrogens (tertiary/aromatic N) is 4.